The molecule has 0 aromatic heterocycles. The van der Waals surface area contributed by atoms with E-state index in [1.165, 1.54) is 0 Å². The molecule has 0 saturated heterocycles. The second-order valence-corrected chi connectivity index (χ2v) is 2.91. The van der Waals surface area contributed by atoms with Gasteiger partial charge in [-0.05, 0) is 25.5 Å². The van der Waals surface area contributed by atoms with Crippen molar-refractivity contribution in [2.75, 3.05) is 0 Å². The van der Waals surface area contributed by atoms with Crippen LogP contribution in [0.1, 0.15) is 24.1 Å². The minimum Gasteiger partial charge on any atom is -0.508 e. The lowest BCUT2D eigenvalue weighted by Crippen LogP contribution is -2.13. The van der Waals surface area contributed by atoms with Crippen LogP contribution in [-0.2, 0) is 0 Å². The lowest BCUT2D eigenvalue weighted by Gasteiger charge is -2.11. The summed E-state index contributed by atoms with van der Waals surface area (Å²) in [5.41, 5.74) is 3.78. The maximum atomic E-state index is 9.44. The molecule has 1 atom stereocenters. The quantitative estimate of drug-likeness (QED) is 0.588. The second kappa shape index (κ2) is 3.56. The fraction of sp³-hybridized carbons (Fsp3) is 0.333. The first-order chi connectivity index (χ1) is 5.65. The molecule has 0 spiro atoms. The van der Waals surface area contributed by atoms with Crippen LogP contribution in [0, 0.1) is 6.92 Å². The van der Waals surface area contributed by atoms with E-state index in [1.807, 2.05) is 13.0 Å². The molecule has 1 rings (SSSR count). The Morgan fingerprint density at radius 2 is 2.08 bits per heavy atom. The van der Waals surface area contributed by atoms with Crippen molar-refractivity contribution in [3.8, 4) is 5.75 Å². The molecule has 0 aliphatic rings. The van der Waals surface area contributed by atoms with Crippen LogP contribution in [0.15, 0.2) is 18.2 Å². The van der Waals surface area contributed by atoms with E-state index in [0.29, 0.717) is 5.56 Å². The first-order valence-electron chi connectivity index (χ1n) is 3.84. The van der Waals surface area contributed by atoms with Crippen molar-refractivity contribution in [3.63, 3.8) is 0 Å². The predicted molar refractivity (Wildman–Crippen MR) is 46.2 cm³/mol. The van der Waals surface area contributed by atoms with Gasteiger partial charge in [0.15, 0.2) is 0 Å². The van der Waals surface area contributed by atoms with Gasteiger partial charge < -0.3 is 10.3 Å². The lowest BCUT2D eigenvalue weighted by atomic mass is 10.1. The summed E-state index contributed by atoms with van der Waals surface area (Å²) in [5.74, 6) is 0.212. The number of aryl methyl sites for hydroxylation is 1. The van der Waals surface area contributed by atoms with Gasteiger partial charge in [0.1, 0.15) is 5.75 Å². The number of hydrogen-bond acceptors (Lipinski definition) is 3. The van der Waals surface area contributed by atoms with Gasteiger partial charge in [0.2, 0.25) is 0 Å². The number of phenols is 1. The maximum absolute atomic E-state index is 9.44. The molecule has 0 saturated carbocycles. The number of hydroxylamine groups is 1. The Hall–Kier alpha value is -1.06. The van der Waals surface area contributed by atoms with Gasteiger partial charge in [-0.3, -0.25) is 0 Å². The maximum Gasteiger partial charge on any atom is 0.120 e. The highest BCUT2D eigenvalue weighted by atomic mass is 16.5. The van der Waals surface area contributed by atoms with E-state index in [1.54, 1.807) is 19.1 Å². The van der Waals surface area contributed by atoms with Gasteiger partial charge in [-0.15, -0.1) is 0 Å². The summed E-state index contributed by atoms with van der Waals surface area (Å²) in [6.07, 6.45) is 0. The summed E-state index contributed by atoms with van der Waals surface area (Å²) in [5, 5.41) is 18.1. The van der Waals surface area contributed by atoms with Crippen molar-refractivity contribution in [3.05, 3.63) is 29.3 Å². The fourth-order valence-electron chi connectivity index (χ4n) is 1.09. The van der Waals surface area contributed by atoms with Gasteiger partial charge in [0.05, 0.1) is 6.04 Å². The van der Waals surface area contributed by atoms with E-state index in [2.05, 4.69) is 5.48 Å². The molecule has 1 aromatic rings. The summed E-state index contributed by atoms with van der Waals surface area (Å²) >= 11 is 0. The van der Waals surface area contributed by atoms with Crippen LogP contribution >= 0.6 is 0 Å². The SMILES string of the molecule is Cc1ccc(C(C)NO)c(O)c1. The van der Waals surface area contributed by atoms with Crippen molar-refractivity contribution in [2.45, 2.75) is 19.9 Å². The van der Waals surface area contributed by atoms with Crippen molar-refractivity contribution in [1.29, 1.82) is 0 Å². The van der Waals surface area contributed by atoms with E-state index in [4.69, 9.17) is 5.21 Å². The minimum absolute atomic E-state index is 0.212. The smallest absolute Gasteiger partial charge is 0.120 e. The number of aromatic hydroxyl groups is 1. The van der Waals surface area contributed by atoms with Crippen LogP contribution in [-0.4, -0.2) is 10.3 Å². The predicted octanol–water partition coefficient (Wildman–Crippen LogP) is 1.74. The third-order valence-corrected chi connectivity index (χ3v) is 1.85. The average molecular weight is 167 g/mol. The number of phenolic OH excluding ortho intramolecular Hbond substituents is 1. The molecule has 66 valence electrons. The summed E-state index contributed by atoms with van der Waals surface area (Å²) in [6, 6.07) is 5.11. The summed E-state index contributed by atoms with van der Waals surface area (Å²) < 4.78 is 0. The van der Waals surface area contributed by atoms with Gasteiger partial charge in [-0.25, -0.2) is 0 Å². The Labute approximate surface area is 71.6 Å². The second-order valence-electron chi connectivity index (χ2n) is 2.91. The van der Waals surface area contributed by atoms with Gasteiger partial charge >= 0.3 is 0 Å². The number of hydrogen-bond donors (Lipinski definition) is 3. The Kier molecular flexibility index (Phi) is 2.68. The molecule has 12 heavy (non-hydrogen) atoms. The van der Waals surface area contributed by atoms with Crippen LogP contribution < -0.4 is 5.48 Å². The topological polar surface area (TPSA) is 52.5 Å². The molecule has 0 radical (unpaired) electrons. The van der Waals surface area contributed by atoms with Crippen LogP contribution in [0.3, 0.4) is 0 Å². The Morgan fingerprint density at radius 3 is 2.58 bits per heavy atom. The Balaban J connectivity index is 3.01. The van der Waals surface area contributed by atoms with Crippen molar-refractivity contribution >= 4 is 0 Å². The zero-order valence-electron chi connectivity index (χ0n) is 7.20. The van der Waals surface area contributed by atoms with Crippen LogP contribution in [0.25, 0.3) is 0 Å². The first kappa shape index (κ1) is 9.03. The molecule has 0 aliphatic heterocycles. The third-order valence-electron chi connectivity index (χ3n) is 1.85. The number of nitrogens with one attached hydrogen (secondary N) is 1. The van der Waals surface area contributed by atoms with E-state index < -0.39 is 0 Å². The van der Waals surface area contributed by atoms with Crippen LogP contribution in [0.2, 0.25) is 0 Å². The zero-order chi connectivity index (χ0) is 9.14. The van der Waals surface area contributed by atoms with E-state index >= 15 is 0 Å². The molecule has 1 aromatic carbocycles. The average Bonchev–Trinajstić information content (AvgIpc) is 2.03. The monoisotopic (exact) mass is 167 g/mol. The highest BCUT2D eigenvalue weighted by Crippen LogP contribution is 2.24. The molecule has 1 unspecified atom stereocenters. The van der Waals surface area contributed by atoms with Gasteiger partial charge in [-0.1, -0.05) is 12.1 Å². The molecule has 3 N–H and O–H groups in total. The van der Waals surface area contributed by atoms with E-state index in [9.17, 15) is 5.11 Å². The van der Waals surface area contributed by atoms with Crippen molar-refractivity contribution < 1.29 is 10.3 Å². The highest BCUT2D eigenvalue weighted by Gasteiger charge is 2.07. The molecule has 3 heteroatoms. The number of rotatable bonds is 2. The van der Waals surface area contributed by atoms with Gasteiger partial charge in [0.25, 0.3) is 0 Å². The fourth-order valence-corrected chi connectivity index (χ4v) is 1.09. The Bertz CT molecular complexity index is 273. The van der Waals surface area contributed by atoms with Crippen LogP contribution in [0.4, 0.5) is 0 Å². The van der Waals surface area contributed by atoms with Crippen molar-refractivity contribution in [2.24, 2.45) is 0 Å². The molecule has 0 heterocycles. The standard InChI is InChI=1S/C9H13NO2/c1-6-3-4-8(7(2)10-12)9(11)5-6/h3-5,7,10-12H,1-2H3. The Morgan fingerprint density at radius 1 is 1.42 bits per heavy atom. The van der Waals surface area contributed by atoms with Crippen molar-refractivity contribution in [1.82, 2.24) is 5.48 Å². The van der Waals surface area contributed by atoms with E-state index in [-0.39, 0.29) is 11.8 Å². The van der Waals surface area contributed by atoms with Gasteiger partial charge in [-0.2, -0.15) is 5.48 Å². The lowest BCUT2D eigenvalue weighted by molar-refractivity contribution is 0.132. The van der Waals surface area contributed by atoms with Crippen LogP contribution in [0.5, 0.6) is 5.75 Å². The zero-order valence-corrected chi connectivity index (χ0v) is 7.20. The molecular weight excluding hydrogens is 154 g/mol. The van der Waals surface area contributed by atoms with Gasteiger partial charge in [0, 0.05) is 5.56 Å². The molecule has 0 fully saturated rings. The molecule has 0 amide bonds. The summed E-state index contributed by atoms with van der Waals surface area (Å²) in [7, 11) is 0. The molecule has 3 nitrogen and oxygen atoms in total. The normalized spacial score (nSPS) is 12.9. The summed E-state index contributed by atoms with van der Waals surface area (Å²) in [6.45, 7) is 3.67. The molecule has 0 aliphatic carbocycles. The highest BCUT2D eigenvalue weighted by molar-refractivity contribution is 5.37. The number of benzene rings is 1. The molecular formula is C9H13NO2. The van der Waals surface area contributed by atoms with E-state index in [0.717, 1.165) is 5.56 Å². The third kappa shape index (κ3) is 1.75. The summed E-state index contributed by atoms with van der Waals surface area (Å²) in [4.78, 5) is 0. The first-order valence-corrected chi connectivity index (χ1v) is 3.84. The molecule has 0 bridgehead atoms. The minimum atomic E-state index is -0.245. The largest absolute Gasteiger partial charge is 0.508 e.